The Labute approximate surface area is 119 Å². The van der Waals surface area contributed by atoms with Crippen molar-refractivity contribution in [2.45, 2.75) is 12.2 Å². The molecule has 0 heterocycles. The van der Waals surface area contributed by atoms with Crippen molar-refractivity contribution in [3.05, 3.63) is 65.0 Å². The highest BCUT2D eigenvalue weighted by atomic mass is 19.4. The van der Waals surface area contributed by atoms with Crippen molar-refractivity contribution in [1.29, 1.82) is 0 Å². The van der Waals surface area contributed by atoms with E-state index in [-0.39, 0.29) is 11.3 Å². The van der Waals surface area contributed by atoms with E-state index >= 15 is 0 Å². The molecule has 0 bridgehead atoms. The van der Waals surface area contributed by atoms with Crippen LogP contribution in [-0.4, -0.2) is 7.11 Å². The van der Waals surface area contributed by atoms with Crippen LogP contribution in [0.25, 0.3) is 0 Å². The lowest BCUT2D eigenvalue weighted by molar-refractivity contribution is -0.138. The zero-order valence-corrected chi connectivity index (χ0v) is 11.1. The number of rotatable bonds is 3. The fourth-order valence-electron chi connectivity index (χ4n) is 2.08. The van der Waals surface area contributed by atoms with Crippen LogP contribution in [0.2, 0.25) is 0 Å². The van der Waals surface area contributed by atoms with Crippen molar-refractivity contribution in [3.8, 4) is 5.75 Å². The Morgan fingerprint density at radius 3 is 2.38 bits per heavy atom. The van der Waals surface area contributed by atoms with E-state index in [0.29, 0.717) is 5.56 Å². The maximum absolute atomic E-state index is 13.4. The molecular formula is C15H13F4NO. The molecule has 21 heavy (non-hydrogen) atoms. The lowest BCUT2D eigenvalue weighted by Crippen LogP contribution is -2.18. The van der Waals surface area contributed by atoms with Gasteiger partial charge in [0.05, 0.1) is 18.7 Å². The third-order valence-corrected chi connectivity index (χ3v) is 3.14. The van der Waals surface area contributed by atoms with E-state index in [4.69, 9.17) is 10.5 Å². The lowest BCUT2D eigenvalue weighted by Gasteiger charge is -2.19. The van der Waals surface area contributed by atoms with Crippen molar-refractivity contribution >= 4 is 0 Å². The average Bonchev–Trinajstić information content (AvgIpc) is 2.46. The maximum Gasteiger partial charge on any atom is 0.416 e. The normalized spacial score (nSPS) is 13.0. The van der Waals surface area contributed by atoms with Crippen molar-refractivity contribution < 1.29 is 22.3 Å². The highest BCUT2D eigenvalue weighted by Gasteiger charge is 2.34. The van der Waals surface area contributed by atoms with Gasteiger partial charge in [0.2, 0.25) is 0 Å². The molecule has 0 fully saturated rings. The van der Waals surface area contributed by atoms with Gasteiger partial charge in [-0.15, -0.1) is 0 Å². The van der Waals surface area contributed by atoms with E-state index in [1.807, 2.05) is 0 Å². The second kappa shape index (κ2) is 5.73. The van der Waals surface area contributed by atoms with Gasteiger partial charge in [-0.25, -0.2) is 4.39 Å². The molecule has 0 saturated carbocycles. The second-order valence-electron chi connectivity index (χ2n) is 4.46. The van der Waals surface area contributed by atoms with E-state index < -0.39 is 23.6 Å². The molecule has 0 aromatic heterocycles. The number of halogens is 4. The minimum Gasteiger partial charge on any atom is -0.494 e. The van der Waals surface area contributed by atoms with Gasteiger partial charge in [0.1, 0.15) is 0 Å². The fourth-order valence-corrected chi connectivity index (χ4v) is 2.08. The molecule has 0 spiro atoms. The summed E-state index contributed by atoms with van der Waals surface area (Å²) in [7, 11) is 1.28. The number of methoxy groups -OCH3 is 1. The summed E-state index contributed by atoms with van der Waals surface area (Å²) in [5, 5.41) is 0. The highest BCUT2D eigenvalue weighted by Crippen LogP contribution is 2.36. The van der Waals surface area contributed by atoms with Gasteiger partial charge in [-0.1, -0.05) is 24.3 Å². The van der Waals surface area contributed by atoms with E-state index in [1.165, 1.54) is 37.4 Å². The summed E-state index contributed by atoms with van der Waals surface area (Å²) in [4.78, 5) is 0. The van der Waals surface area contributed by atoms with Crippen LogP contribution in [0.5, 0.6) is 5.75 Å². The number of hydrogen-bond donors (Lipinski definition) is 1. The first-order valence-electron chi connectivity index (χ1n) is 6.09. The average molecular weight is 299 g/mol. The number of ether oxygens (including phenoxy) is 1. The number of nitrogens with two attached hydrogens (primary N) is 1. The summed E-state index contributed by atoms with van der Waals surface area (Å²) in [5.41, 5.74) is 5.37. The summed E-state index contributed by atoms with van der Waals surface area (Å²) < 4.78 is 57.2. The molecule has 6 heteroatoms. The Morgan fingerprint density at radius 2 is 1.76 bits per heavy atom. The summed E-state index contributed by atoms with van der Waals surface area (Å²) in [6.45, 7) is 0. The van der Waals surface area contributed by atoms with Crippen LogP contribution in [0.1, 0.15) is 22.7 Å². The van der Waals surface area contributed by atoms with Crippen LogP contribution < -0.4 is 10.5 Å². The predicted molar refractivity (Wildman–Crippen MR) is 70.4 cm³/mol. The standard InChI is InChI=1S/C15H13F4NO/c1-21-13-8-9(6-7-12(13)16)14(20)10-4-2-3-5-11(10)15(17,18)19/h2-8,14H,20H2,1H3. The summed E-state index contributed by atoms with van der Waals surface area (Å²) in [6, 6.07) is 7.78. The molecule has 1 unspecified atom stereocenters. The van der Waals surface area contributed by atoms with E-state index in [1.54, 1.807) is 0 Å². The van der Waals surface area contributed by atoms with Gasteiger partial charge >= 0.3 is 6.18 Å². The van der Waals surface area contributed by atoms with Crippen molar-refractivity contribution in [2.75, 3.05) is 7.11 Å². The molecule has 0 aliphatic carbocycles. The zero-order valence-electron chi connectivity index (χ0n) is 11.1. The monoisotopic (exact) mass is 299 g/mol. The molecule has 2 nitrogen and oxygen atoms in total. The van der Waals surface area contributed by atoms with Crippen LogP contribution in [0.3, 0.4) is 0 Å². The Balaban J connectivity index is 2.48. The number of hydrogen-bond acceptors (Lipinski definition) is 2. The molecule has 0 amide bonds. The fraction of sp³-hybridized carbons (Fsp3) is 0.200. The van der Waals surface area contributed by atoms with Gasteiger partial charge in [-0.05, 0) is 29.3 Å². The second-order valence-corrected chi connectivity index (χ2v) is 4.46. The molecule has 2 aromatic rings. The minimum absolute atomic E-state index is 0.0626. The summed E-state index contributed by atoms with van der Waals surface area (Å²) >= 11 is 0. The minimum atomic E-state index is -4.50. The van der Waals surface area contributed by atoms with Gasteiger partial charge in [0, 0.05) is 0 Å². The SMILES string of the molecule is COc1cc(C(N)c2ccccc2C(F)(F)F)ccc1F. The van der Waals surface area contributed by atoms with Gasteiger partial charge in [-0.2, -0.15) is 13.2 Å². The molecule has 1 atom stereocenters. The molecule has 0 aliphatic rings. The van der Waals surface area contributed by atoms with Crippen LogP contribution in [-0.2, 0) is 6.18 Å². The Morgan fingerprint density at radius 1 is 1.10 bits per heavy atom. The first-order chi connectivity index (χ1) is 9.84. The highest BCUT2D eigenvalue weighted by molar-refractivity contribution is 5.41. The predicted octanol–water partition coefficient (Wildman–Crippen LogP) is 3.90. The zero-order chi connectivity index (χ0) is 15.6. The first kappa shape index (κ1) is 15.3. The largest absolute Gasteiger partial charge is 0.494 e. The summed E-state index contributed by atoms with van der Waals surface area (Å²) in [6.07, 6.45) is -4.50. The third kappa shape index (κ3) is 3.16. The first-order valence-corrected chi connectivity index (χ1v) is 6.09. The maximum atomic E-state index is 13.4. The quantitative estimate of drug-likeness (QED) is 0.872. The Bertz CT molecular complexity index is 640. The van der Waals surface area contributed by atoms with Crippen LogP contribution in [0.4, 0.5) is 17.6 Å². The Hall–Kier alpha value is -2.08. The van der Waals surface area contributed by atoms with E-state index in [9.17, 15) is 17.6 Å². The molecule has 0 radical (unpaired) electrons. The third-order valence-electron chi connectivity index (χ3n) is 3.14. The summed E-state index contributed by atoms with van der Waals surface area (Å²) in [5.74, 6) is -0.662. The Kier molecular flexibility index (Phi) is 4.18. The molecular weight excluding hydrogens is 286 g/mol. The van der Waals surface area contributed by atoms with E-state index in [0.717, 1.165) is 12.1 Å². The van der Waals surface area contributed by atoms with Crippen LogP contribution >= 0.6 is 0 Å². The molecule has 2 aromatic carbocycles. The number of benzene rings is 2. The van der Waals surface area contributed by atoms with Crippen molar-refractivity contribution in [1.82, 2.24) is 0 Å². The van der Waals surface area contributed by atoms with Crippen LogP contribution in [0, 0.1) is 5.82 Å². The molecule has 2 N–H and O–H groups in total. The lowest BCUT2D eigenvalue weighted by atomic mass is 9.94. The van der Waals surface area contributed by atoms with Gasteiger partial charge in [-0.3, -0.25) is 0 Å². The molecule has 112 valence electrons. The van der Waals surface area contributed by atoms with Gasteiger partial charge < -0.3 is 10.5 Å². The molecule has 2 rings (SSSR count). The van der Waals surface area contributed by atoms with E-state index in [2.05, 4.69) is 0 Å². The van der Waals surface area contributed by atoms with Crippen molar-refractivity contribution in [3.63, 3.8) is 0 Å². The van der Waals surface area contributed by atoms with Gasteiger partial charge in [0.15, 0.2) is 11.6 Å². The smallest absolute Gasteiger partial charge is 0.416 e. The van der Waals surface area contributed by atoms with Crippen LogP contribution in [0.15, 0.2) is 42.5 Å². The number of alkyl halides is 3. The van der Waals surface area contributed by atoms with Crippen molar-refractivity contribution in [2.24, 2.45) is 5.73 Å². The van der Waals surface area contributed by atoms with Gasteiger partial charge in [0.25, 0.3) is 0 Å². The topological polar surface area (TPSA) is 35.2 Å². The molecule has 0 saturated heterocycles. The molecule has 0 aliphatic heterocycles.